The van der Waals surface area contributed by atoms with Crippen LogP contribution in [0.2, 0.25) is 0 Å². The molecule has 0 spiro atoms. The Morgan fingerprint density at radius 3 is 2.65 bits per heavy atom. The van der Waals surface area contributed by atoms with Gasteiger partial charge >= 0.3 is 0 Å². The molecule has 2 aromatic heterocycles. The first-order chi connectivity index (χ1) is 15.0. The zero-order chi connectivity index (χ0) is 21.8. The van der Waals surface area contributed by atoms with Crippen molar-refractivity contribution in [2.45, 2.75) is 6.92 Å². The number of imidazole rings is 1. The van der Waals surface area contributed by atoms with Crippen LogP contribution in [-0.4, -0.2) is 32.6 Å². The van der Waals surface area contributed by atoms with E-state index in [1.807, 2.05) is 72.3 Å². The second kappa shape index (κ2) is 8.81. The van der Waals surface area contributed by atoms with Crippen molar-refractivity contribution in [3.63, 3.8) is 0 Å². The Labute approximate surface area is 179 Å². The Morgan fingerprint density at radius 1 is 1.10 bits per heavy atom. The number of hydrogen-bond acceptors (Lipinski definition) is 5. The molecule has 0 unspecified atom stereocenters. The van der Waals surface area contributed by atoms with Crippen LogP contribution in [0, 0.1) is 17.0 Å². The highest BCUT2D eigenvalue weighted by atomic mass is 16.6. The summed E-state index contributed by atoms with van der Waals surface area (Å²) in [6.07, 6.45) is 7.79. The van der Waals surface area contributed by atoms with E-state index >= 15 is 0 Å². The molecule has 4 rings (SSSR count). The number of ether oxygens (including phenoxy) is 1. The minimum absolute atomic E-state index is 0.0582. The predicted molar refractivity (Wildman–Crippen MR) is 120 cm³/mol. The number of nitro groups is 1. The van der Waals surface area contributed by atoms with Gasteiger partial charge in [0, 0.05) is 29.6 Å². The Hall–Kier alpha value is -3.97. The van der Waals surface area contributed by atoms with Crippen molar-refractivity contribution < 1.29 is 14.8 Å². The van der Waals surface area contributed by atoms with Gasteiger partial charge in [-0.2, -0.15) is 0 Å². The number of hydrogen-bond donors (Lipinski definition) is 1. The van der Waals surface area contributed by atoms with E-state index in [2.05, 4.69) is 4.98 Å². The Bertz CT molecular complexity index is 1260. The van der Waals surface area contributed by atoms with E-state index in [9.17, 15) is 10.1 Å². The molecule has 156 valence electrons. The maximum atomic E-state index is 11.0. The number of aliphatic hydroxyl groups excluding tert-OH is 1. The highest BCUT2D eigenvalue weighted by molar-refractivity contribution is 5.74. The molecule has 0 bridgehead atoms. The van der Waals surface area contributed by atoms with Crippen LogP contribution < -0.4 is 4.74 Å². The average Bonchev–Trinajstić information content (AvgIpc) is 3.20. The van der Waals surface area contributed by atoms with Gasteiger partial charge in [-0.15, -0.1) is 0 Å². The summed E-state index contributed by atoms with van der Waals surface area (Å²) in [6.45, 7) is 1.94. The van der Waals surface area contributed by atoms with Gasteiger partial charge in [0.1, 0.15) is 18.0 Å². The first kappa shape index (κ1) is 20.3. The fraction of sp³-hybridized carbons (Fsp3) is 0.125. The van der Waals surface area contributed by atoms with Crippen molar-refractivity contribution in [3.05, 3.63) is 93.8 Å². The summed E-state index contributed by atoms with van der Waals surface area (Å²) in [4.78, 5) is 15.2. The minimum atomic E-state index is -0.474. The van der Waals surface area contributed by atoms with Crippen molar-refractivity contribution in [1.82, 2.24) is 9.38 Å². The van der Waals surface area contributed by atoms with Crippen molar-refractivity contribution in [3.8, 4) is 17.0 Å². The predicted octanol–water partition coefficient (Wildman–Crippen LogP) is 4.76. The number of pyridine rings is 1. The van der Waals surface area contributed by atoms with Crippen molar-refractivity contribution in [1.29, 1.82) is 0 Å². The molecule has 0 radical (unpaired) electrons. The topological polar surface area (TPSA) is 89.9 Å². The van der Waals surface area contributed by atoms with E-state index in [4.69, 9.17) is 9.84 Å². The van der Waals surface area contributed by atoms with E-state index in [1.165, 1.54) is 17.7 Å². The molecule has 2 heterocycles. The van der Waals surface area contributed by atoms with Crippen LogP contribution in [0.25, 0.3) is 29.1 Å². The van der Waals surface area contributed by atoms with Crippen LogP contribution in [0.4, 0.5) is 5.69 Å². The molecule has 7 heteroatoms. The van der Waals surface area contributed by atoms with Crippen LogP contribution >= 0.6 is 0 Å². The second-order valence-corrected chi connectivity index (χ2v) is 7.10. The molecule has 0 saturated carbocycles. The third kappa shape index (κ3) is 4.62. The van der Waals surface area contributed by atoms with Gasteiger partial charge in [0.15, 0.2) is 0 Å². The summed E-state index contributed by atoms with van der Waals surface area (Å²) in [5.74, 6) is 0.358. The summed E-state index contributed by atoms with van der Waals surface area (Å²) in [7, 11) is 0. The van der Waals surface area contributed by atoms with Gasteiger partial charge < -0.3 is 14.2 Å². The van der Waals surface area contributed by atoms with Crippen molar-refractivity contribution in [2.24, 2.45) is 0 Å². The fourth-order valence-electron chi connectivity index (χ4n) is 3.25. The fourth-order valence-corrected chi connectivity index (χ4v) is 3.25. The Balaban J connectivity index is 1.56. The van der Waals surface area contributed by atoms with Crippen molar-refractivity contribution >= 4 is 23.5 Å². The normalized spacial score (nSPS) is 11.3. The number of aliphatic hydroxyl groups is 1. The molecule has 0 aliphatic rings. The van der Waals surface area contributed by atoms with Crippen LogP contribution in [0.3, 0.4) is 0 Å². The van der Waals surface area contributed by atoms with Gasteiger partial charge in [0.05, 0.1) is 23.3 Å². The van der Waals surface area contributed by atoms with E-state index in [-0.39, 0.29) is 18.9 Å². The van der Waals surface area contributed by atoms with Gasteiger partial charge in [-0.25, -0.2) is 4.98 Å². The molecule has 0 aliphatic heterocycles. The number of benzene rings is 2. The molecule has 31 heavy (non-hydrogen) atoms. The molecular formula is C24H21N3O4. The first-order valence-electron chi connectivity index (χ1n) is 9.79. The lowest BCUT2D eigenvalue weighted by molar-refractivity contribution is -0.384. The summed E-state index contributed by atoms with van der Waals surface area (Å²) in [5, 5.41) is 20.0. The molecule has 2 aromatic carbocycles. The molecule has 0 aliphatic carbocycles. The minimum Gasteiger partial charge on any atom is -0.490 e. The van der Waals surface area contributed by atoms with E-state index in [1.54, 1.807) is 6.07 Å². The number of aryl methyl sites for hydroxylation is 1. The van der Waals surface area contributed by atoms with Gasteiger partial charge in [-0.05, 0) is 30.2 Å². The third-order valence-corrected chi connectivity index (χ3v) is 4.82. The first-order valence-corrected chi connectivity index (χ1v) is 9.79. The lowest BCUT2D eigenvalue weighted by Gasteiger charge is -2.08. The molecule has 0 atom stereocenters. The molecular weight excluding hydrogens is 394 g/mol. The summed E-state index contributed by atoms with van der Waals surface area (Å²) >= 11 is 0. The monoisotopic (exact) mass is 415 g/mol. The van der Waals surface area contributed by atoms with Gasteiger partial charge in [-0.1, -0.05) is 42.5 Å². The molecule has 1 N–H and O–H groups in total. The number of fused-ring (bicyclic) bond motifs is 1. The molecule has 0 amide bonds. The SMILES string of the molecule is Cc1ccc2nc(-c3ccc(C=Cc4ccc([N+](=O)[O-])cc4OCCO)cc3)cn2c1. The lowest BCUT2D eigenvalue weighted by atomic mass is 10.1. The van der Waals surface area contributed by atoms with E-state index in [0.29, 0.717) is 11.3 Å². The van der Waals surface area contributed by atoms with E-state index in [0.717, 1.165) is 22.5 Å². The zero-order valence-corrected chi connectivity index (χ0v) is 16.9. The van der Waals surface area contributed by atoms with Crippen LogP contribution in [0.1, 0.15) is 16.7 Å². The standard InChI is InChI=1S/C24H21N3O4/c1-17-2-11-24-25-22(16-26(24)15-17)19-6-3-18(4-7-19)5-8-20-9-10-21(27(29)30)14-23(20)31-13-12-28/h2-11,14-16,28H,12-13H2,1H3. The smallest absolute Gasteiger partial charge is 0.273 e. The number of rotatable bonds is 7. The van der Waals surface area contributed by atoms with Gasteiger partial charge in [0.2, 0.25) is 0 Å². The number of non-ortho nitro benzene ring substituents is 1. The summed E-state index contributed by atoms with van der Waals surface area (Å²) < 4.78 is 7.48. The number of nitrogens with zero attached hydrogens (tertiary/aromatic N) is 3. The number of nitro benzene ring substituents is 1. The quantitative estimate of drug-likeness (QED) is 0.267. The average molecular weight is 415 g/mol. The third-order valence-electron chi connectivity index (χ3n) is 4.82. The molecule has 7 nitrogen and oxygen atoms in total. The number of aromatic nitrogens is 2. The van der Waals surface area contributed by atoms with Crippen molar-refractivity contribution in [2.75, 3.05) is 13.2 Å². The summed E-state index contributed by atoms with van der Waals surface area (Å²) in [6, 6.07) is 16.5. The Morgan fingerprint density at radius 2 is 1.90 bits per heavy atom. The summed E-state index contributed by atoms with van der Waals surface area (Å²) in [5.41, 5.74) is 5.59. The van der Waals surface area contributed by atoms with Gasteiger partial charge in [0.25, 0.3) is 5.69 Å². The maximum absolute atomic E-state index is 11.0. The Kier molecular flexibility index (Phi) is 5.77. The molecule has 4 aromatic rings. The zero-order valence-electron chi connectivity index (χ0n) is 16.9. The lowest BCUT2D eigenvalue weighted by Crippen LogP contribution is -2.03. The highest BCUT2D eigenvalue weighted by Gasteiger charge is 2.10. The van der Waals surface area contributed by atoms with Crippen LogP contribution in [-0.2, 0) is 0 Å². The highest BCUT2D eigenvalue weighted by Crippen LogP contribution is 2.27. The van der Waals surface area contributed by atoms with E-state index < -0.39 is 4.92 Å². The second-order valence-electron chi connectivity index (χ2n) is 7.10. The molecule has 0 saturated heterocycles. The van der Waals surface area contributed by atoms with Gasteiger partial charge in [-0.3, -0.25) is 10.1 Å². The van der Waals surface area contributed by atoms with Crippen LogP contribution in [0.5, 0.6) is 5.75 Å². The van der Waals surface area contributed by atoms with Crippen LogP contribution in [0.15, 0.2) is 67.0 Å². The maximum Gasteiger partial charge on any atom is 0.273 e. The molecule has 0 fully saturated rings. The largest absolute Gasteiger partial charge is 0.490 e.